The quantitative estimate of drug-likeness (QED) is 0.194. The van der Waals surface area contributed by atoms with Crippen LogP contribution in [-0.4, -0.2) is 39.0 Å². The summed E-state index contributed by atoms with van der Waals surface area (Å²) < 4.78 is 20.1. The molecule has 1 fully saturated rings. The second kappa shape index (κ2) is 13.1. The second-order valence-electron chi connectivity index (χ2n) is 12.4. The van der Waals surface area contributed by atoms with Gasteiger partial charge in [0.25, 0.3) is 8.32 Å². The fraction of sp³-hybridized carbons (Fsp3) is 0.471. The second-order valence-corrected chi connectivity index (χ2v) is 16.7. The minimum atomic E-state index is -2.78. The Morgan fingerprint density at radius 2 is 1.43 bits per heavy atom. The number of nitrogens with one attached hydrogen (secondary N) is 1. The first-order valence-corrected chi connectivity index (χ1v) is 16.5. The number of hydroxylamine groups is 1. The lowest BCUT2D eigenvalue weighted by Crippen LogP contribution is -2.69. The van der Waals surface area contributed by atoms with Crippen LogP contribution in [0.25, 0.3) is 0 Å². The summed E-state index contributed by atoms with van der Waals surface area (Å²) in [6, 6.07) is 31.8. The van der Waals surface area contributed by atoms with E-state index in [0.717, 1.165) is 24.8 Å². The average molecular weight is 562 g/mol. The number of unbranched alkanes of at least 4 members (excludes halogenated alkanes) is 1. The van der Waals surface area contributed by atoms with E-state index in [2.05, 4.69) is 106 Å². The van der Waals surface area contributed by atoms with Crippen molar-refractivity contribution in [3.05, 3.63) is 96.6 Å². The summed E-state index contributed by atoms with van der Waals surface area (Å²) in [5.74, 6) is -0.666. The average Bonchev–Trinajstić information content (AvgIpc) is 3.32. The summed E-state index contributed by atoms with van der Waals surface area (Å²) >= 11 is 0. The van der Waals surface area contributed by atoms with Crippen molar-refractivity contribution in [2.75, 3.05) is 13.2 Å². The zero-order chi connectivity index (χ0) is 28.7. The van der Waals surface area contributed by atoms with Gasteiger partial charge in [-0.25, -0.2) is 0 Å². The highest BCUT2D eigenvalue weighted by molar-refractivity contribution is 6.99. The standard InChI is InChI=1S/C34H47NO4Si/c1-7-8-24-34(31-26-36-33(5,6)39-31,35-37-25-28-18-12-9-13-19-28)27-38-40(32(2,3)4,29-20-14-10-15-21-29)30-22-16-11-17-23-30/h9-23,31,35H,7-8,24-27H2,1-6H3/t31-,34+/m0/s1. The third-order valence-corrected chi connectivity index (χ3v) is 12.9. The van der Waals surface area contributed by atoms with Crippen LogP contribution in [0.4, 0.5) is 0 Å². The van der Waals surface area contributed by atoms with Crippen molar-refractivity contribution in [1.82, 2.24) is 5.48 Å². The molecule has 40 heavy (non-hydrogen) atoms. The zero-order valence-corrected chi connectivity index (χ0v) is 26.1. The normalized spacial score (nSPS) is 18.9. The molecule has 0 unspecified atom stereocenters. The van der Waals surface area contributed by atoms with Crippen LogP contribution in [0, 0.1) is 0 Å². The first-order valence-electron chi connectivity index (χ1n) is 14.6. The SMILES string of the molecule is CCCC[C@](CO[Si](c1ccccc1)(c1ccccc1)C(C)(C)C)(NOCc1ccccc1)[C@@H]1COC(C)(C)O1. The highest BCUT2D eigenvalue weighted by Crippen LogP contribution is 2.39. The molecule has 6 heteroatoms. The Bertz CT molecular complexity index is 1130. The summed E-state index contributed by atoms with van der Waals surface area (Å²) in [7, 11) is -2.78. The molecule has 1 N–H and O–H groups in total. The van der Waals surface area contributed by atoms with Gasteiger partial charge in [0, 0.05) is 0 Å². The largest absolute Gasteiger partial charge is 0.405 e. The molecule has 5 nitrogen and oxygen atoms in total. The molecule has 3 aromatic rings. The van der Waals surface area contributed by atoms with Gasteiger partial charge in [-0.05, 0) is 41.2 Å². The first kappa shape index (κ1) is 30.6. The Labute approximate surface area is 242 Å². The molecule has 216 valence electrons. The van der Waals surface area contributed by atoms with Crippen molar-refractivity contribution in [2.45, 2.75) is 89.9 Å². The van der Waals surface area contributed by atoms with Gasteiger partial charge in [0.15, 0.2) is 5.79 Å². The van der Waals surface area contributed by atoms with Crippen LogP contribution in [-0.2, 0) is 25.3 Å². The lowest BCUT2D eigenvalue weighted by molar-refractivity contribution is -0.168. The van der Waals surface area contributed by atoms with Crippen molar-refractivity contribution in [3.8, 4) is 0 Å². The lowest BCUT2D eigenvalue weighted by Gasteiger charge is -2.47. The fourth-order valence-corrected chi connectivity index (χ4v) is 10.4. The molecule has 0 bridgehead atoms. The number of rotatable bonds is 13. The van der Waals surface area contributed by atoms with E-state index in [1.165, 1.54) is 10.4 Å². The van der Waals surface area contributed by atoms with Gasteiger partial charge >= 0.3 is 0 Å². The molecular formula is C34H47NO4Si. The maximum Gasteiger partial charge on any atom is 0.261 e. The Morgan fingerprint density at radius 3 is 1.90 bits per heavy atom. The van der Waals surface area contributed by atoms with Crippen LogP contribution >= 0.6 is 0 Å². The molecule has 0 radical (unpaired) electrons. The van der Waals surface area contributed by atoms with Crippen molar-refractivity contribution in [1.29, 1.82) is 0 Å². The summed E-state index contributed by atoms with van der Waals surface area (Å²) in [6.45, 7) is 14.5. The van der Waals surface area contributed by atoms with E-state index in [4.69, 9.17) is 18.7 Å². The molecule has 1 aliphatic heterocycles. The predicted molar refractivity (Wildman–Crippen MR) is 165 cm³/mol. The molecule has 4 rings (SSSR count). The van der Waals surface area contributed by atoms with Gasteiger partial charge in [-0.1, -0.05) is 132 Å². The molecule has 1 heterocycles. The van der Waals surface area contributed by atoms with Gasteiger partial charge < -0.3 is 13.9 Å². The minimum absolute atomic E-state index is 0.136. The Balaban J connectivity index is 1.75. The molecule has 1 aliphatic rings. The maximum atomic E-state index is 7.47. The molecule has 1 saturated heterocycles. The predicted octanol–water partition coefficient (Wildman–Crippen LogP) is 6.36. The highest BCUT2D eigenvalue weighted by atomic mass is 28.4. The third-order valence-electron chi connectivity index (χ3n) is 7.92. The Hall–Kier alpha value is -2.32. The van der Waals surface area contributed by atoms with Gasteiger partial charge in [0.2, 0.25) is 0 Å². The molecule has 2 atom stereocenters. The van der Waals surface area contributed by atoms with Crippen LogP contribution in [0.2, 0.25) is 5.04 Å². The maximum absolute atomic E-state index is 7.47. The first-order chi connectivity index (χ1) is 19.1. The van der Waals surface area contributed by atoms with E-state index >= 15 is 0 Å². The fourth-order valence-electron chi connectivity index (χ4n) is 5.76. The van der Waals surface area contributed by atoms with E-state index in [-0.39, 0.29) is 11.1 Å². The van der Waals surface area contributed by atoms with Gasteiger partial charge in [-0.2, -0.15) is 5.48 Å². The zero-order valence-electron chi connectivity index (χ0n) is 25.1. The van der Waals surface area contributed by atoms with E-state index in [1.54, 1.807) is 0 Å². The third kappa shape index (κ3) is 6.93. The molecule has 0 spiro atoms. The Morgan fingerprint density at radius 1 is 0.875 bits per heavy atom. The van der Waals surface area contributed by atoms with Crippen molar-refractivity contribution in [3.63, 3.8) is 0 Å². The highest BCUT2D eigenvalue weighted by Gasteiger charge is 2.54. The van der Waals surface area contributed by atoms with Gasteiger partial charge in [-0.3, -0.25) is 4.84 Å². The molecule has 0 aliphatic carbocycles. The Kier molecular flexibility index (Phi) is 10.0. The number of ether oxygens (including phenoxy) is 2. The number of benzene rings is 3. The van der Waals surface area contributed by atoms with E-state index in [9.17, 15) is 0 Å². The van der Waals surface area contributed by atoms with Crippen LogP contribution in [0.1, 0.15) is 66.4 Å². The minimum Gasteiger partial charge on any atom is -0.405 e. The van der Waals surface area contributed by atoms with Crippen molar-refractivity contribution in [2.24, 2.45) is 0 Å². The monoisotopic (exact) mass is 561 g/mol. The van der Waals surface area contributed by atoms with Crippen LogP contribution < -0.4 is 15.9 Å². The van der Waals surface area contributed by atoms with Crippen LogP contribution in [0.3, 0.4) is 0 Å². The van der Waals surface area contributed by atoms with Crippen molar-refractivity contribution < 1.29 is 18.7 Å². The molecule has 0 amide bonds. The van der Waals surface area contributed by atoms with Gasteiger partial charge in [0.05, 0.1) is 25.4 Å². The molecule has 0 aromatic heterocycles. The summed E-state index contributed by atoms with van der Waals surface area (Å²) in [5, 5.41) is 2.38. The van der Waals surface area contributed by atoms with E-state index in [0.29, 0.717) is 19.8 Å². The van der Waals surface area contributed by atoms with Crippen LogP contribution in [0.5, 0.6) is 0 Å². The summed E-state index contributed by atoms with van der Waals surface area (Å²) in [5.41, 5.74) is 4.02. The molecular weight excluding hydrogens is 514 g/mol. The number of hydrogen-bond donors (Lipinski definition) is 1. The van der Waals surface area contributed by atoms with Gasteiger partial charge in [0.1, 0.15) is 6.10 Å². The van der Waals surface area contributed by atoms with Crippen molar-refractivity contribution >= 4 is 18.7 Å². The summed E-state index contributed by atoms with van der Waals surface area (Å²) in [6.07, 6.45) is 2.66. The van der Waals surface area contributed by atoms with Crippen LogP contribution in [0.15, 0.2) is 91.0 Å². The van der Waals surface area contributed by atoms with E-state index < -0.39 is 19.6 Å². The smallest absolute Gasteiger partial charge is 0.261 e. The molecule has 3 aromatic carbocycles. The lowest BCUT2D eigenvalue weighted by atomic mass is 9.88. The summed E-state index contributed by atoms with van der Waals surface area (Å²) in [4.78, 5) is 6.27. The van der Waals surface area contributed by atoms with Gasteiger partial charge in [-0.15, -0.1) is 0 Å². The molecule has 0 saturated carbocycles. The topological polar surface area (TPSA) is 49.0 Å². The van der Waals surface area contributed by atoms with E-state index in [1.807, 2.05) is 32.0 Å². The number of hydrogen-bond acceptors (Lipinski definition) is 5.